The molecule has 1 aromatic rings. The predicted molar refractivity (Wildman–Crippen MR) is 105 cm³/mol. The lowest BCUT2D eigenvalue weighted by Crippen LogP contribution is -2.50. The number of sulfonamides is 1. The lowest BCUT2D eigenvalue weighted by molar-refractivity contribution is -0.125. The fraction of sp³-hybridized carbons (Fsp3) is 0.667. The molecular formula is C21H30N2O3S. The molecule has 3 fully saturated rings. The first kappa shape index (κ1) is 18.9. The minimum absolute atomic E-state index is 0.123. The van der Waals surface area contributed by atoms with Gasteiger partial charge in [0.2, 0.25) is 15.9 Å². The molecule has 2 saturated carbocycles. The summed E-state index contributed by atoms with van der Waals surface area (Å²) >= 11 is 0. The number of hydrogen-bond acceptors (Lipinski definition) is 3. The molecule has 0 spiro atoms. The summed E-state index contributed by atoms with van der Waals surface area (Å²) in [6.07, 6.45) is 6.47. The number of hydrogen-bond donors (Lipinski definition) is 1. The SMILES string of the molecule is Cc1ccc(S(=O)(=O)N2CCCC2C(=O)NC(C)C2CC3CCC2C3)cc1. The molecule has 2 bridgehead atoms. The van der Waals surface area contributed by atoms with Crippen LogP contribution in [0.25, 0.3) is 0 Å². The maximum atomic E-state index is 13.1. The smallest absolute Gasteiger partial charge is 0.243 e. The molecule has 3 aliphatic rings. The summed E-state index contributed by atoms with van der Waals surface area (Å²) in [6, 6.07) is 6.41. The molecule has 6 heteroatoms. The van der Waals surface area contributed by atoms with E-state index in [1.807, 2.05) is 6.92 Å². The average Bonchev–Trinajstić information content (AvgIpc) is 3.38. The molecule has 5 nitrogen and oxygen atoms in total. The normalized spacial score (nSPS) is 31.9. The van der Waals surface area contributed by atoms with Crippen LogP contribution >= 0.6 is 0 Å². The van der Waals surface area contributed by atoms with Crippen LogP contribution in [0.1, 0.15) is 51.0 Å². The molecule has 5 atom stereocenters. The van der Waals surface area contributed by atoms with Crippen molar-refractivity contribution in [1.82, 2.24) is 9.62 Å². The number of carbonyl (C=O) groups is 1. The van der Waals surface area contributed by atoms with Crippen LogP contribution in [0.4, 0.5) is 0 Å². The van der Waals surface area contributed by atoms with Crippen LogP contribution in [0.3, 0.4) is 0 Å². The Morgan fingerprint density at radius 2 is 1.89 bits per heavy atom. The van der Waals surface area contributed by atoms with Gasteiger partial charge in [-0.05, 0) is 75.8 Å². The molecular weight excluding hydrogens is 360 g/mol. The summed E-state index contributed by atoms with van der Waals surface area (Å²) in [6.45, 7) is 4.44. The zero-order valence-corrected chi connectivity index (χ0v) is 17.0. The highest BCUT2D eigenvalue weighted by Gasteiger charge is 2.44. The van der Waals surface area contributed by atoms with Crippen LogP contribution in [0.5, 0.6) is 0 Å². The van der Waals surface area contributed by atoms with Crippen molar-refractivity contribution in [2.24, 2.45) is 17.8 Å². The van der Waals surface area contributed by atoms with Crippen molar-refractivity contribution in [3.05, 3.63) is 29.8 Å². The maximum absolute atomic E-state index is 13.1. The van der Waals surface area contributed by atoms with E-state index in [4.69, 9.17) is 0 Å². The highest BCUT2D eigenvalue weighted by molar-refractivity contribution is 7.89. The van der Waals surface area contributed by atoms with Gasteiger partial charge >= 0.3 is 0 Å². The van der Waals surface area contributed by atoms with Crippen molar-refractivity contribution >= 4 is 15.9 Å². The quantitative estimate of drug-likeness (QED) is 0.840. The number of carbonyl (C=O) groups excluding carboxylic acids is 1. The van der Waals surface area contributed by atoms with Gasteiger partial charge in [0.15, 0.2) is 0 Å². The monoisotopic (exact) mass is 390 g/mol. The van der Waals surface area contributed by atoms with Gasteiger partial charge in [-0.1, -0.05) is 24.1 Å². The van der Waals surface area contributed by atoms with E-state index in [0.29, 0.717) is 18.9 Å². The standard InChI is InChI=1S/C21H30N2O3S/c1-14-5-9-18(10-6-14)27(25,26)23-11-3-4-20(23)21(24)22-15(2)19-13-16-7-8-17(19)12-16/h5-6,9-10,15-17,19-20H,3-4,7-8,11-13H2,1-2H3,(H,22,24). The van der Waals surface area contributed by atoms with Crippen molar-refractivity contribution < 1.29 is 13.2 Å². The van der Waals surface area contributed by atoms with Crippen LogP contribution in [0.15, 0.2) is 29.2 Å². The van der Waals surface area contributed by atoms with Gasteiger partial charge in [0.25, 0.3) is 0 Å². The third kappa shape index (κ3) is 3.54. The molecule has 5 unspecified atom stereocenters. The molecule has 1 amide bonds. The second kappa shape index (κ2) is 7.21. The molecule has 27 heavy (non-hydrogen) atoms. The van der Waals surface area contributed by atoms with E-state index in [0.717, 1.165) is 23.8 Å². The van der Waals surface area contributed by atoms with Crippen molar-refractivity contribution in [3.8, 4) is 0 Å². The number of fused-ring (bicyclic) bond motifs is 2. The molecule has 1 N–H and O–H groups in total. The summed E-state index contributed by atoms with van der Waals surface area (Å²) in [5, 5.41) is 3.17. The molecule has 0 radical (unpaired) electrons. The Hall–Kier alpha value is -1.40. The molecule has 4 rings (SSSR count). The minimum Gasteiger partial charge on any atom is -0.352 e. The minimum atomic E-state index is -3.64. The van der Waals surface area contributed by atoms with E-state index < -0.39 is 16.1 Å². The fourth-order valence-corrected chi connectivity index (χ4v) is 7.13. The Morgan fingerprint density at radius 3 is 2.52 bits per heavy atom. The van der Waals surface area contributed by atoms with Crippen molar-refractivity contribution in [2.45, 2.75) is 69.4 Å². The van der Waals surface area contributed by atoms with Crippen molar-refractivity contribution in [2.75, 3.05) is 6.54 Å². The zero-order chi connectivity index (χ0) is 19.2. The van der Waals surface area contributed by atoms with Gasteiger partial charge in [0, 0.05) is 12.6 Å². The predicted octanol–water partition coefficient (Wildman–Crippen LogP) is 3.09. The van der Waals surface area contributed by atoms with Gasteiger partial charge in [-0.15, -0.1) is 0 Å². The average molecular weight is 391 g/mol. The first-order chi connectivity index (χ1) is 12.9. The van der Waals surface area contributed by atoms with E-state index in [1.165, 1.54) is 30.0 Å². The van der Waals surface area contributed by atoms with Gasteiger partial charge < -0.3 is 5.32 Å². The van der Waals surface area contributed by atoms with Gasteiger partial charge in [-0.3, -0.25) is 4.79 Å². The van der Waals surface area contributed by atoms with Crippen LogP contribution in [0, 0.1) is 24.7 Å². The molecule has 0 aromatic heterocycles. The Labute approximate surface area is 162 Å². The number of aryl methyl sites for hydroxylation is 1. The van der Waals surface area contributed by atoms with Crippen LogP contribution in [0.2, 0.25) is 0 Å². The zero-order valence-electron chi connectivity index (χ0n) is 16.2. The summed E-state index contributed by atoms with van der Waals surface area (Å²) < 4.78 is 27.5. The summed E-state index contributed by atoms with van der Waals surface area (Å²) in [5.41, 5.74) is 1.02. The van der Waals surface area contributed by atoms with Gasteiger partial charge in [0.1, 0.15) is 6.04 Å². The summed E-state index contributed by atoms with van der Waals surface area (Å²) in [7, 11) is -3.64. The van der Waals surface area contributed by atoms with E-state index in [-0.39, 0.29) is 16.8 Å². The second-order valence-electron chi connectivity index (χ2n) is 8.72. The molecule has 148 valence electrons. The van der Waals surface area contributed by atoms with Crippen molar-refractivity contribution in [3.63, 3.8) is 0 Å². The number of rotatable bonds is 5. The Bertz CT molecular complexity index is 805. The number of nitrogens with one attached hydrogen (secondary N) is 1. The highest BCUT2D eigenvalue weighted by Crippen LogP contribution is 2.49. The van der Waals surface area contributed by atoms with E-state index in [1.54, 1.807) is 24.3 Å². The van der Waals surface area contributed by atoms with E-state index in [2.05, 4.69) is 12.2 Å². The molecule has 2 aliphatic carbocycles. The largest absolute Gasteiger partial charge is 0.352 e. The summed E-state index contributed by atoms with van der Waals surface area (Å²) in [4.78, 5) is 13.2. The Balaban J connectivity index is 1.46. The van der Waals surface area contributed by atoms with Crippen molar-refractivity contribution in [1.29, 1.82) is 0 Å². The highest BCUT2D eigenvalue weighted by atomic mass is 32.2. The topological polar surface area (TPSA) is 66.5 Å². The molecule has 1 heterocycles. The first-order valence-corrected chi connectivity index (χ1v) is 11.7. The van der Waals surface area contributed by atoms with E-state index in [9.17, 15) is 13.2 Å². The Morgan fingerprint density at radius 1 is 1.15 bits per heavy atom. The third-order valence-electron chi connectivity index (χ3n) is 6.94. The molecule has 1 aliphatic heterocycles. The molecule has 1 aromatic carbocycles. The number of nitrogens with zero attached hydrogens (tertiary/aromatic N) is 1. The lowest BCUT2D eigenvalue weighted by atomic mass is 9.84. The van der Waals surface area contributed by atoms with Crippen LogP contribution < -0.4 is 5.32 Å². The summed E-state index contributed by atoms with van der Waals surface area (Å²) in [5.74, 6) is 2.00. The fourth-order valence-electron chi connectivity index (χ4n) is 5.47. The van der Waals surface area contributed by atoms with Gasteiger partial charge in [0.05, 0.1) is 4.90 Å². The van der Waals surface area contributed by atoms with Crippen LogP contribution in [-0.4, -0.2) is 37.3 Å². The number of amides is 1. The number of benzene rings is 1. The van der Waals surface area contributed by atoms with E-state index >= 15 is 0 Å². The first-order valence-electron chi connectivity index (χ1n) is 10.2. The third-order valence-corrected chi connectivity index (χ3v) is 8.86. The second-order valence-corrected chi connectivity index (χ2v) is 10.6. The Kier molecular flexibility index (Phi) is 5.06. The van der Waals surface area contributed by atoms with Gasteiger partial charge in [-0.2, -0.15) is 4.31 Å². The lowest BCUT2D eigenvalue weighted by Gasteiger charge is -2.31. The maximum Gasteiger partial charge on any atom is 0.243 e. The van der Waals surface area contributed by atoms with Crippen LogP contribution in [-0.2, 0) is 14.8 Å². The molecule has 1 saturated heterocycles. The van der Waals surface area contributed by atoms with Gasteiger partial charge in [-0.25, -0.2) is 8.42 Å².